The Morgan fingerprint density at radius 3 is 2.50 bits per heavy atom. The molecule has 7 heteroatoms. The van der Waals surface area contributed by atoms with Crippen LogP contribution in [0.1, 0.15) is 47.4 Å². The van der Waals surface area contributed by atoms with Gasteiger partial charge in [-0.05, 0) is 56.4 Å². The number of pyridine rings is 1. The molecule has 0 bridgehead atoms. The predicted molar refractivity (Wildman–Crippen MR) is 112 cm³/mol. The largest absolute Gasteiger partial charge is 0.345 e. The lowest BCUT2D eigenvalue weighted by Crippen LogP contribution is -2.36. The molecule has 1 aromatic heterocycles. The molecule has 3 aromatic rings. The van der Waals surface area contributed by atoms with Crippen molar-refractivity contribution >= 4 is 16.7 Å². The van der Waals surface area contributed by atoms with Gasteiger partial charge in [-0.25, -0.2) is 13.5 Å². The van der Waals surface area contributed by atoms with Crippen molar-refractivity contribution < 1.29 is 13.6 Å². The van der Waals surface area contributed by atoms with Gasteiger partial charge in [-0.15, -0.1) is 0 Å². The summed E-state index contributed by atoms with van der Waals surface area (Å²) < 4.78 is 29.1. The van der Waals surface area contributed by atoms with E-state index in [1.807, 2.05) is 6.92 Å². The number of fused-ring (bicyclic) bond motifs is 1. The average Bonchev–Trinajstić information content (AvgIpc) is 3.55. The van der Waals surface area contributed by atoms with Gasteiger partial charge in [0, 0.05) is 11.9 Å². The second-order valence-electron chi connectivity index (χ2n) is 7.62. The maximum Gasteiger partial charge on any atom is 0.279 e. The molecule has 1 heterocycles. The van der Waals surface area contributed by atoms with Crippen LogP contribution in [0.25, 0.3) is 10.8 Å². The number of aromatic nitrogens is 1. The molecule has 1 atom stereocenters. The van der Waals surface area contributed by atoms with E-state index in [0.29, 0.717) is 12.2 Å². The molecule has 0 aliphatic heterocycles. The number of carbonyl (C=O) groups excluding carboxylic acids is 1. The maximum absolute atomic E-state index is 14.5. The summed E-state index contributed by atoms with van der Waals surface area (Å²) in [5.41, 5.74) is 3.85. The Balaban J connectivity index is 1.81. The van der Waals surface area contributed by atoms with Gasteiger partial charge < -0.3 is 10.7 Å². The van der Waals surface area contributed by atoms with Gasteiger partial charge in [0.2, 0.25) is 0 Å². The quantitative estimate of drug-likeness (QED) is 0.644. The van der Waals surface area contributed by atoms with Crippen LogP contribution < -0.4 is 16.3 Å². The Hall–Kier alpha value is -3.22. The minimum absolute atomic E-state index is 0.126. The number of benzene rings is 2. The topological polar surface area (TPSA) is 63.1 Å². The van der Waals surface area contributed by atoms with Crippen LogP contribution in [-0.4, -0.2) is 17.1 Å². The Labute approximate surface area is 172 Å². The minimum Gasteiger partial charge on any atom is -0.345 e. The number of amides is 1. The minimum atomic E-state index is -0.671. The fraction of sp³-hybridized carbons (Fsp3) is 0.304. The number of nitrogens with one attached hydrogen (secondary N) is 2. The highest BCUT2D eigenvalue weighted by Gasteiger charge is 2.34. The van der Waals surface area contributed by atoms with E-state index in [4.69, 9.17) is 0 Å². The maximum atomic E-state index is 14.5. The zero-order chi connectivity index (χ0) is 21.4. The predicted octanol–water partition coefficient (Wildman–Crippen LogP) is 4.03. The fourth-order valence-electron chi connectivity index (χ4n) is 3.94. The van der Waals surface area contributed by atoms with Crippen molar-refractivity contribution in [1.29, 1.82) is 0 Å². The van der Waals surface area contributed by atoms with Crippen LogP contribution in [0.3, 0.4) is 0 Å². The molecule has 1 unspecified atom stereocenters. The Morgan fingerprint density at radius 2 is 1.87 bits per heavy atom. The normalized spacial score (nSPS) is 14.5. The number of hydrogen-bond acceptors (Lipinski definition) is 3. The highest BCUT2D eigenvalue weighted by Crippen LogP contribution is 2.41. The van der Waals surface area contributed by atoms with Gasteiger partial charge in [0.1, 0.15) is 11.6 Å². The smallest absolute Gasteiger partial charge is 0.279 e. The highest BCUT2D eigenvalue weighted by molar-refractivity contribution is 6.08. The number of nitrogens with zero attached hydrogens (tertiary/aromatic N) is 1. The van der Waals surface area contributed by atoms with Gasteiger partial charge in [0.25, 0.3) is 11.5 Å². The third-order valence-corrected chi connectivity index (χ3v) is 5.55. The molecule has 30 heavy (non-hydrogen) atoms. The molecule has 5 nitrogen and oxygen atoms in total. The standard InChI is InChI=1S/C23H23F2N3O2/c1-3-26-28-13(2)19(17-5-4-6-18(25)20(17)23(28)30)22(29)27-21(14-7-8-14)15-9-11-16(24)12-10-15/h4-6,9-12,14,21,26H,3,7-8H2,1-2H3,(H,27,29). The van der Waals surface area contributed by atoms with Crippen LogP contribution >= 0.6 is 0 Å². The zero-order valence-corrected chi connectivity index (χ0v) is 16.8. The van der Waals surface area contributed by atoms with Crippen molar-refractivity contribution in [3.63, 3.8) is 0 Å². The summed E-state index contributed by atoms with van der Waals surface area (Å²) >= 11 is 0. The Bertz CT molecular complexity index is 1170. The van der Waals surface area contributed by atoms with Crippen molar-refractivity contribution in [2.24, 2.45) is 5.92 Å². The van der Waals surface area contributed by atoms with Crippen LogP contribution in [0.2, 0.25) is 0 Å². The van der Waals surface area contributed by atoms with E-state index in [0.717, 1.165) is 18.4 Å². The van der Waals surface area contributed by atoms with E-state index < -0.39 is 17.3 Å². The Morgan fingerprint density at radius 1 is 1.17 bits per heavy atom. The molecule has 1 amide bonds. The molecule has 2 N–H and O–H groups in total. The first-order valence-corrected chi connectivity index (χ1v) is 10.1. The van der Waals surface area contributed by atoms with Crippen molar-refractivity contribution in [2.45, 2.75) is 32.7 Å². The summed E-state index contributed by atoms with van der Waals surface area (Å²) in [5.74, 6) is -1.14. The second kappa shape index (κ2) is 7.89. The highest BCUT2D eigenvalue weighted by atomic mass is 19.1. The molecule has 0 radical (unpaired) electrons. The second-order valence-corrected chi connectivity index (χ2v) is 7.62. The first-order chi connectivity index (χ1) is 14.4. The van der Waals surface area contributed by atoms with Crippen molar-refractivity contribution in [2.75, 3.05) is 12.0 Å². The summed E-state index contributed by atoms with van der Waals surface area (Å²) in [6, 6.07) is 10.1. The third kappa shape index (κ3) is 3.56. The summed E-state index contributed by atoms with van der Waals surface area (Å²) in [7, 11) is 0. The van der Waals surface area contributed by atoms with Crippen LogP contribution in [0, 0.1) is 24.5 Å². The van der Waals surface area contributed by atoms with Gasteiger partial charge in [0.15, 0.2) is 0 Å². The molecule has 1 aliphatic rings. The third-order valence-electron chi connectivity index (χ3n) is 5.55. The molecule has 156 valence electrons. The molecular formula is C23H23F2N3O2. The van der Waals surface area contributed by atoms with Crippen molar-refractivity contribution in [3.8, 4) is 0 Å². The van der Waals surface area contributed by atoms with Gasteiger partial charge in [-0.2, -0.15) is 0 Å². The molecule has 4 rings (SSSR count). The van der Waals surface area contributed by atoms with Crippen LogP contribution in [0.5, 0.6) is 0 Å². The summed E-state index contributed by atoms with van der Waals surface area (Å²) in [6.45, 7) is 3.91. The lowest BCUT2D eigenvalue weighted by molar-refractivity contribution is 0.0932. The van der Waals surface area contributed by atoms with Crippen LogP contribution in [0.15, 0.2) is 47.3 Å². The monoisotopic (exact) mass is 411 g/mol. The Kier molecular flexibility index (Phi) is 5.28. The van der Waals surface area contributed by atoms with Gasteiger partial charge in [-0.3, -0.25) is 9.59 Å². The first-order valence-electron chi connectivity index (χ1n) is 10.1. The molecule has 1 fully saturated rings. The van der Waals surface area contributed by atoms with Gasteiger partial charge in [0.05, 0.1) is 22.7 Å². The molecule has 0 spiro atoms. The van der Waals surface area contributed by atoms with Crippen LogP contribution in [-0.2, 0) is 0 Å². The number of rotatable bonds is 6. The number of carbonyl (C=O) groups is 1. The average molecular weight is 411 g/mol. The van der Waals surface area contributed by atoms with E-state index >= 15 is 0 Å². The van der Waals surface area contributed by atoms with E-state index in [1.165, 1.54) is 28.9 Å². The van der Waals surface area contributed by atoms with E-state index in [2.05, 4.69) is 10.7 Å². The molecule has 2 aromatic carbocycles. The van der Waals surface area contributed by atoms with E-state index in [9.17, 15) is 18.4 Å². The lowest BCUT2D eigenvalue weighted by atomic mass is 9.99. The fourth-order valence-corrected chi connectivity index (χ4v) is 3.94. The van der Waals surface area contributed by atoms with Crippen molar-refractivity contribution in [1.82, 2.24) is 9.99 Å². The zero-order valence-electron chi connectivity index (χ0n) is 16.8. The lowest BCUT2D eigenvalue weighted by Gasteiger charge is -2.22. The van der Waals surface area contributed by atoms with E-state index in [1.54, 1.807) is 25.1 Å². The van der Waals surface area contributed by atoms with Gasteiger partial charge >= 0.3 is 0 Å². The first kappa shape index (κ1) is 20.1. The molecular weight excluding hydrogens is 388 g/mol. The van der Waals surface area contributed by atoms with Crippen molar-refractivity contribution in [3.05, 3.63) is 81.3 Å². The van der Waals surface area contributed by atoms with Gasteiger partial charge in [-0.1, -0.05) is 24.3 Å². The summed E-state index contributed by atoms with van der Waals surface area (Å²) in [6.07, 6.45) is 1.93. The molecule has 0 saturated heterocycles. The molecule has 1 aliphatic carbocycles. The SMILES string of the molecule is CCNn1c(C)c(C(=O)NC(c2ccc(F)cc2)C2CC2)c2cccc(F)c2c1=O. The van der Waals surface area contributed by atoms with E-state index in [-0.39, 0.29) is 34.1 Å². The molecule has 1 saturated carbocycles. The number of halogens is 2. The summed E-state index contributed by atoms with van der Waals surface area (Å²) in [5, 5.41) is 3.20. The summed E-state index contributed by atoms with van der Waals surface area (Å²) in [4.78, 5) is 26.2. The number of hydrogen-bond donors (Lipinski definition) is 2. The van der Waals surface area contributed by atoms with Crippen LogP contribution in [0.4, 0.5) is 8.78 Å².